The van der Waals surface area contributed by atoms with E-state index < -0.39 is 0 Å². The molecule has 0 aliphatic carbocycles. The number of nitrogens with zero attached hydrogens (tertiary/aromatic N) is 4. The Bertz CT molecular complexity index is 853. The van der Waals surface area contributed by atoms with Crippen LogP contribution < -0.4 is 15.5 Å². The molecule has 0 spiro atoms. The van der Waals surface area contributed by atoms with Crippen LogP contribution >= 0.6 is 35.3 Å². The molecule has 1 aromatic heterocycles. The summed E-state index contributed by atoms with van der Waals surface area (Å²) in [5.41, 5.74) is 2.85. The summed E-state index contributed by atoms with van der Waals surface area (Å²) in [6, 6.07) is 10.4. The van der Waals surface area contributed by atoms with Crippen molar-refractivity contribution >= 4 is 47.0 Å². The zero-order valence-electron chi connectivity index (χ0n) is 17.2. The summed E-state index contributed by atoms with van der Waals surface area (Å²) in [6.45, 7) is 9.45. The lowest BCUT2D eigenvalue weighted by Crippen LogP contribution is -2.51. The van der Waals surface area contributed by atoms with Crippen molar-refractivity contribution in [3.05, 3.63) is 45.4 Å². The van der Waals surface area contributed by atoms with Gasteiger partial charge in [-0.3, -0.25) is 0 Å². The maximum atomic E-state index is 9.40. The van der Waals surface area contributed by atoms with Crippen LogP contribution in [0.25, 0.3) is 0 Å². The number of nitrogens with one attached hydrogen (secondary N) is 2. The second kappa shape index (κ2) is 11.4. The third-order valence-corrected chi connectivity index (χ3v) is 5.97. The fourth-order valence-corrected chi connectivity index (χ4v) is 4.28. The molecule has 0 bridgehead atoms. The van der Waals surface area contributed by atoms with Gasteiger partial charge in [0.1, 0.15) is 11.1 Å². The van der Waals surface area contributed by atoms with E-state index in [1.807, 2.05) is 31.2 Å². The molecule has 1 atom stereocenters. The van der Waals surface area contributed by atoms with Gasteiger partial charge < -0.3 is 15.5 Å². The van der Waals surface area contributed by atoms with Gasteiger partial charge in [-0.2, -0.15) is 5.26 Å². The number of aryl methyl sites for hydroxylation is 2. The van der Waals surface area contributed by atoms with E-state index >= 15 is 0 Å². The molecule has 0 radical (unpaired) electrons. The van der Waals surface area contributed by atoms with Gasteiger partial charge in [0.2, 0.25) is 0 Å². The van der Waals surface area contributed by atoms with Gasteiger partial charge in [-0.05, 0) is 45.7 Å². The minimum absolute atomic E-state index is 0. The molecule has 0 amide bonds. The largest absolute Gasteiger partial charge is 0.368 e. The molecule has 1 saturated heterocycles. The monoisotopic (exact) mass is 524 g/mol. The van der Waals surface area contributed by atoms with Crippen molar-refractivity contribution in [3.63, 3.8) is 0 Å². The minimum Gasteiger partial charge on any atom is -0.368 e. The average molecular weight is 524 g/mol. The summed E-state index contributed by atoms with van der Waals surface area (Å²) in [7, 11) is 0. The zero-order valence-corrected chi connectivity index (χ0v) is 20.4. The summed E-state index contributed by atoms with van der Waals surface area (Å²) >= 11 is 1.71. The molecular formula is C21H29IN6S. The number of hydrogen-bond donors (Lipinski definition) is 2. The molecule has 2 N–H and O–H groups in total. The van der Waals surface area contributed by atoms with Gasteiger partial charge in [-0.15, -0.1) is 35.3 Å². The lowest BCUT2D eigenvalue weighted by molar-refractivity contribution is 0.468. The summed E-state index contributed by atoms with van der Waals surface area (Å²) < 4.78 is 0. The van der Waals surface area contributed by atoms with Crippen LogP contribution in [0, 0.1) is 25.2 Å². The Labute approximate surface area is 194 Å². The molecule has 8 heteroatoms. The van der Waals surface area contributed by atoms with Crippen LogP contribution in [0.2, 0.25) is 0 Å². The highest BCUT2D eigenvalue weighted by molar-refractivity contribution is 14.0. The van der Waals surface area contributed by atoms with E-state index in [9.17, 15) is 5.26 Å². The van der Waals surface area contributed by atoms with Crippen LogP contribution in [-0.4, -0.2) is 36.6 Å². The molecule has 1 aromatic carbocycles. The summed E-state index contributed by atoms with van der Waals surface area (Å²) in [4.78, 5) is 12.9. The number of aromatic nitrogens is 1. The maximum Gasteiger partial charge on any atom is 0.191 e. The molecule has 3 rings (SSSR count). The van der Waals surface area contributed by atoms with Gasteiger partial charge in [0.15, 0.2) is 5.96 Å². The van der Waals surface area contributed by atoms with E-state index in [1.165, 1.54) is 4.88 Å². The molecule has 1 aliphatic heterocycles. The topological polar surface area (TPSA) is 76.3 Å². The third kappa shape index (κ3) is 6.31. The summed E-state index contributed by atoms with van der Waals surface area (Å²) in [5.74, 6) is 0.827. The molecule has 6 nitrogen and oxygen atoms in total. The van der Waals surface area contributed by atoms with E-state index in [-0.39, 0.29) is 30.0 Å². The Morgan fingerprint density at radius 1 is 1.38 bits per heavy atom. The maximum absolute atomic E-state index is 9.40. The number of anilines is 1. The number of halogens is 1. The molecule has 2 aromatic rings. The smallest absolute Gasteiger partial charge is 0.191 e. The Morgan fingerprint density at radius 3 is 2.86 bits per heavy atom. The normalized spacial score (nSPS) is 16.7. The lowest BCUT2D eigenvalue weighted by atomic mass is 10.0. The number of hydrogen-bond acceptors (Lipinski definition) is 5. The van der Waals surface area contributed by atoms with Gasteiger partial charge in [0, 0.05) is 30.6 Å². The second-order valence-electron chi connectivity index (χ2n) is 7.00. The molecule has 29 heavy (non-hydrogen) atoms. The lowest BCUT2D eigenvalue weighted by Gasteiger charge is -2.35. The Morgan fingerprint density at radius 2 is 2.17 bits per heavy atom. The fraction of sp³-hybridized carbons (Fsp3) is 0.476. The van der Waals surface area contributed by atoms with Crippen molar-refractivity contribution < 1.29 is 0 Å². The Kier molecular flexibility index (Phi) is 9.17. The fourth-order valence-electron chi connectivity index (χ4n) is 3.42. The first-order chi connectivity index (χ1) is 13.6. The molecule has 0 saturated carbocycles. The van der Waals surface area contributed by atoms with Crippen LogP contribution in [0.5, 0.6) is 0 Å². The molecule has 1 fully saturated rings. The number of thiazole rings is 1. The van der Waals surface area contributed by atoms with E-state index in [2.05, 4.69) is 40.4 Å². The SMILES string of the molecule is CCNC(=NCc1nc(C)c(C)s1)NC1CCCN(c2ccccc2C#N)C1.I. The number of nitriles is 1. The highest BCUT2D eigenvalue weighted by Crippen LogP contribution is 2.23. The first-order valence-corrected chi connectivity index (χ1v) is 10.6. The first-order valence-electron chi connectivity index (χ1n) is 9.82. The Balaban J connectivity index is 0.00000300. The average Bonchev–Trinajstić information content (AvgIpc) is 3.04. The standard InChI is InChI=1S/C21H28N6S.HI/c1-4-23-21(24-13-20-25-15(2)16(3)28-20)26-18-9-7-11-27(14-18)19-10-6-5-8-17(19)12-22;/h5-6,8,10,18H,4,7,9,11,13-14H2,1-3H3,(H2,23,24,26);1H. The van der Waals surface area contributed by atoms with Crippen molar-refractivity contribution in [2.75, 3.05) is 24.5 Å². The van der Waals surface area contributed by atoms with Crippen molar-refractivity contribution in [3.8, 4) is 6.07 Å². The summed E-state index contributed by atoms with van der Waals surface area (Å²) in [5, 5.41) is 17.4. The first kappa shape index (κ1) is 23.4. The van der Waals surface area contributed by atoms with E-state index in [0.29, 0.717) is 6.54 Å². The number of rotatable bonds is 5. The molecule has 1 aliphatic rings. The van der Waals surface area contributed by atoms with Crippen LogP contribution in [0.1, 0.15) is 40.9 Å². The van der Waals surface area contributed by atoms with Crippen LogP contribution in [0.15, 0.2) is 29.3 Å². The van der Waals surface area contributed by atoms with Gasteiger partial charge in [-0.25, -0.2) is 9.98 Å². The van der Waals surface area contributed by atoms with Crippen molar-refractivity contribution in [2.45, 2.75) is 46.2 Å². The summed E-state index contributed by atoms with van der Waals surface area (Å²) in [6.07, 6.45) is 2.17. The van der Waals surface area contributed by atoms with Crippen LogP contribution in [0.3, 0.4) is 0 Å². The number of para-hydroxylation sites is 1. The predicted molar refractivity (Wildman–Crippen MR) is 131 cm³/mol. The molecule has 156 valence electrons. The zero-order chi connectivity index (χ0) is 19.9. The number of benzene rings is 1. The highest BCUT2D eigenvalue weighted by atomic mass is 127. The van der Waals surface area contributed by atoms with Gasteiger partial charge in [0.25, 0.3) is 0 Å². The van der Waals surface area contributed by atoms with Crippen molar-refractivity contribution in [1.29, 1.82) is 5.26 Å². The van der Waals surface area contributed by atoms with E-state index in [0.717, 1.165) is 60.4 Å². The number of piperidine rings is 1. The van der Waals surface area contributed by atoms with Crippen LogP contribution in [0.4, 0.5) is 5.69 Å². The van der Waals surface area contributed by atoms with E-state index in [1.54, 1.807) is 11.3 Å². The second-order valence-corrected chi connectivity index (χ2v) is 8.29. The molecule has 2 heterocycles. The quantitative estimate of drug-likeness (QED) is 0.352. The van der Waals surface area contributed by atoms with Crippen LogP contribution in [-0.2, 0) is 6.54 Å². The van der Waals surface area contributed by atoms with Gasteiger partial charge in [0.05, 0.1) is 23.5 Å². The molecular weight excluding hydrogens is 495 g/mol. The van der Waals surface area contributed by atoms with E-state index in [4.69, 9.17) is 4.99 Å². The van der Waals surface area contributed by atoms with Crippen molar-refractivity contribution in [1.82, 2.24) is 15.6 Å². The Hall–Kier alpha value is -1.86. The van der Waals surface area contributed by atoms with Gasteiger partial charge >= 0.3 is 0 Å². The minimum atomic E-state index is 0. The van der Waals surface area contributed by atoms with Crippen molar-refractivity contribution in [2.24, 2.45) is 4.99 Å². The van der Waals surface area contributed by atoms with Gasteiger partial charge in [-0.1, -0.05) is 12.1 Å². The predicted octanol–water partition coefficient (Wildman–Crippen LogP) is 3.97. The number of aliphatic imine (C=N–C) groups is 1. The third-order valence-electron chi connectivity index (χ3n) is 4.92. The molecule has 1 unspecified atom stereocenters. The highest BCUT2D eigenvalue weighted by Gasteiger charge is 2.22. The number of guanidine groups is 1.